The molecule has 2 aliphatic heterocycles. The number of anilines is 8. The van der Waals surface area contributed by atoms with Gasteiger partial charge in [-0.25, -0.2) is 9.97 Å². The topological polar surface area (TPSA) is 38.7 Å². The first-order valence-corrected chi connectivity index (χ1v) is 15.2. The van der Waals surface area contributed by atoms with Gasteiger partial charge in [0.2, 0.25) is 0 Å². The molecular weight excluding hydrogens is 745 g/mol. The minimum absolute atomic E-state index is 0. The molecule has 2 aromatic heterocycles. The van der Waals surface area contributed by atoms with Crippen molar-refractivity contribution in [3.05, 3.63) is 157 Å². The third-order valence-corrected chi connectivity index (χ3v) is 8.58. The van der Waals surface area contributed by atoms with E-state index in [0.29, 0.717) is 0 Å². The quantitative estimate of drug-likeness (QED) is 0.158. The van der Waals surface area contributed by atoms with Crippen molar-refractivity contribution in [3.8, 4) is 0 Å². The van der Waals surface area contributed by atoms with Gasteiger partial charge >= 0.3 is 15.1 Å². The molecule has 0 amide bonds. The minimum Gasteiger partial charge on any atom is -0.367 e. The minimum atomic E-state index is -0.456. The van der Waals surface area contributed by atoms with Crippen LogP contribution in [0.4, 0.5) is 45.8 Å². The van der Waals surface area contributed by atoms with E-state index >= 15 is 0 Å². The molecule has 6 aromatic rings. The van der Waals surface area contributed by atoms with Crippen LogP contribution in [0.25, 0.3) is 0 Å². The SMILES string of the molecule is CC(C)(c1cccc(N2[B]N(c3ccccc3)c3ccccc32)n1)c1cccc(N2[B]N(c3ccccc3)c3ccccc32)n1.[Pt]. The maximum absolute atomic E-state index is 5.24. The zero-order valence-electron chi connectivity index (χ0n) is 25.5. The molecule has 0 spiro atoms. The van der Waals surface area contributed by atoms with Crippen molar-refractivity contribution in [1.82, 2.24) is 9.97 Å². The molecule has 0 saturated heterocycles. The molecule has 4 heterocycles. The molecule has 0 fully saturated rings. The molecule has 0 aliphatic carbocycles. The van der Waals surface area contributed by atoms with Crippen LogP contribution in [0.2, 0.25) is 0 Å². The van der Waals surface area contributed by atoms with Gasteiger partial charge in [0, 0.05) is 37.9 Å². The van der Waals surface area contributed by atoms with E-state index in [2.05, 4.69) is 182 Å². The summed E-state index contributed by atoms with van der Waals surface area (Å²) in [5.74, 6) is 1.73. The van der Waals surface area contributed by atoms with Crippen LogP contribution in [0, 0.1) is 0 Å². The van der Waals surface area contributed by atoms with Crippen molar-refractivity contribution in [2.45, 2.75) is 19.3 Å². The van der Waals surface area contributed by atoms with Crippen molar-refractivity contribution in [2.24, 2.45) is 0 Å². The molecule has 0 bridgehead atoms. The van der Waals surface area contributed by atoms with Crippen molar-refractivity contribution < 1.29 is 21.1 Å². The number of para-hydroxylation sites is 6. The third-order valence-electron chi connectivity index (χ3n) is 8.58. The van der Waals surface area contributed by atoms with Gasteiger partial charge in [-0.1, -0.05) is 72.8 Å². The van der Waals surface area contributed by atoms with Gasteiger partial charge in [0.1, 0.15) is 11.6 Å². The fourth-order valence-electron chi connectivity index (χ4n) is 6.12. The monoisotopic (exact) mass is 775 g/mol. The van der Waals surface area contributed by atoms with Gasteiger partial charge in [-0.3, -0.25) is 0 Å². The van der Waals surface area contributed by atoms with Gasteiger partial charge < -0.3 is 19.2 Å². The Morgan fingerprint density at radius 1 is 0.413 bits per heavy atom. The average Bonchev–Trinajstić information content (AvgIpc) is 3.69. The fourth-order valence-corrected chi connectivity index (χ4v) is 6.12. The van der Waals surface area contributed by atoms with Gasteiger partial charge in [0.05, 0.1) is 34.1 Å². The van der Waals surface area contributed by atoms with Crippen LogP contribution in [-0.2, 0) is 26.5 Å². The van der Waals surface area contributed by atoms with E-state index in [4.69, 9.17) is 9.97 Å². The van der Waals surface area contributed by atoms with Gasteiger partial charge in [-0.2, -0.15) is 0 Å². The number of fused-ring (bicyclic) bond motifs is 2. The van der Waals surface area contributed by atoms with Gasteiger partial charge in [0.15, 0.2) is 0 Å². The Morgan fingerprint density at radius 2 is 0.761 bits per heavy atom. The second-order valence-corrected chi connectivity index (χ2v) is 11.7. The van der Waals surface area contributed by atoms with Crippen LogP contribution < -0.4 is 19.2 Å². The van der Waals surface area contributed by atoms with Crippen molar-refractivity contribution in [2.75, 3.05) is 19.2 Å². The number of hydrogen-bond acceptors (Lipinski definition) is 6. The predicted octanol–water partition coefficient (Wildman–Crippen LogP) is 8.45. The standard InChI is InChI=1S/C37H30B2N6.Pt/c1-37(2,33-23-13-25-35(40-33)44-31-21-11-9-19-29(31)42(38-44)27-15-5-3-6-16-27)34-24-14-26-36(41-34)45-32-22-12-10-20-30(32)43(39-45)28-17-7-4-8-18-28;/h3-26H,1-2H3;. The molecular formula is C37H30B2N6Pt. The summed E-state index contributed by atoms with van der Waals surface area (Å²) < 4.78 is 0. The summed E-state index contributed by atoms with van der Waals surface area (Å²) in [5, 5.41) is 0. The molecule has 0 atom stereocenters. The molecule has 46 heavy (non-hydrogen) atoms. The van der Waals surface area contributed by atoms with Gasteiger partial charge in [0.25, 0.3) is 0 Å². The summed E-state index contributed by atoms with van der Waals surface area (Å²) in [5.41, 5.74) is 8.09. The average molecular weight is 775 g/mol. The first-order chi connectivity index (χ1) is 22.1. The zero-order chi connectivity index (χ0) is 30.4. The van der Waals surface area contributed by atoms with E-state index in [-0.39, 0.29) is 21.1 Å². The fraction of sp³-hybridized carbons (Fsp3) is 0.0811. The maximum atomic E-state index is 5.24. The Morgan fingerprint density at radius 3 is 1.15 bits per heavy atom. The van der Waals surface area contributed by atoms with Crippen LogP contribution in [0.5, 0.6) is 0 Å². The Balaban J connectivity index is 0.00000338. The van der Waals surface area contributed by atoms with Crippen LogP contribution in [0.3, 0.4) is 0 Å². The number of pyridine rings is 2. The van der Waals surface area contributed by atoms with E-state index in [1.807, 2.05) is 12.1 Å². The second kappa shape index (κ2) is 12.2. The summed E-state index contributed by atoms with van der Waals surface area (Å²) in [6, 6.07) is 50.2. The molecule has 0 unspecified atom stereocenters. The summed E-state index contributed by atoms with van der Waals surface area (Å²) in [6.07, 6.45) is 0. The predicted molar refractivity (Wildman–Crippen MR) is 186 cm³/mol. The van der Waals surface area contributed by atoms with Crippen LogP contribution in [0.1, 0.15) is 25.2 Å². The Kier molecular flexibility index (Phi) is 7.92. The largest absolute Gasteiger partial charge is 0.402 e. The summed E-state index contributed by atoms with van der Waals surface area (Å²) in [7, 11) is 4.24. The molecule has 224 valence electrons. The normalized spacial score (nSPS) is 13.4. The van der Waals surface area contributed by atoms with E-state index in [1.165, 1.54) is 0 Å². The Labute approximate surface area is 286 Å². The molecule has 9 heteroatoms. The number of hydrogen-bond donors (Lipinski definition) is 0. The van der Waals surface area contributed by atoms with E-state index in [1.54, 1.807) is 0 Å². The number of benzene rings is 4. The summed E-state index contributed by atoms with van der Waals surface area (Å²) in [4.78, 5) is 19.2. The zero-order valence-corrected chi connectivity index (χ0v) is 27.8. The van der Waals surface area contributed by atoms with Crippen molar-refractivity contribution >= 4 is 60.9 Å². The van der Waals surface area contributed by atoms with E-state index in [0.717, 1.165) is 57.1 Å². The number of nitrogens with zero attached hydrogens (tertiary/aromatic N) is 6. The molecule has 0 saturated carbocycles. The number of rotatable bonds is 6. The van der Waals surface area contributed by atoms with E-state index in [9.17, 15) is 0 Å². The first kappa shape index (κ1) is 29.9. The van der Waals surface area contributed by atoms with Crippen LogP contribution in [-0.4, -0.2) is 25.1 Å². The first-order valence-electron chi connectivity index (χ1n) is 15.2. The molecule has 8 rings (SSSR count). The molecule has 2 radical (unpaired) electrons. The summed E-state index contributed by atoms with van der Waals surface area (Å²) in [6.45, 7) is 4.39. The van der Waals surface area contributed by atoms with Crippen molar-refractivity contribution in [3.63, 3.8) is 0 Å². The Bertz CT molecular complexity index is 1850. The van der Waals surface area contributed by atoms with Gasteiger partial charge in [-0.05, 0) is 86.6 Å². The maximum Gasteiger partial charge on any atom is 0.402 e. The molecule has 2 aliphatic rings. The van der Waals surface area contributed by atoms with Crippen molar-refractivity contribution in [1.29, 1.82) is 0 Å². The van der Waals surface area contributed by atoms with E-state index < -0.39 is 5.41 Å². The van der Waals surface area contributed by atoms with Crippen LogP contribution in [0.15, 0.2) is 146 Å². The number of aromatic nitrogens is 2. The smallest absolute Gasteiger partial charge is 0.367 e. The van der Waals surface area contributed by atoms with Crippen LogP contribution >= 0.6 is 0 Å². The molecule has 4 aromatic carbocycles. The molecule has 0 N–H and O–H groups in total. The summed E-state index contributed by atoms with van der Waals surface area (Å²) >= 11 is 0. The van der Waals surface area contributed by atoms with Gasteiger partial charge in [-0.15, -0.1) is 0 Å². The molecule has 6 nitrogen and oxygen atoms in total. The Hall–Kier alpha value is -4.80. The second-order valence-electron chi connectivity index (χ2n) is 11.7. The third kappa shape index (κ3) is 5.17.